The van der Waals surface area contributed by atoms with Crippen LogP contribution in [0.25, 0.3) is 11.1 Å². The van der Waals surface area contributed by atoms with Crippen LogP contribution in [0.5, 0.6) is 0 Å². The van der Waals surface area contributed by atoms with Gasteiger partial charge < -0.3 is 4.74 Å². The summed E-state index contributed by atoms with van der Waals surface area (Å²) in [5.74, 6) is -2.77. The van der Waals surface area contributed by atoms with Gasteiger partial charge in [-0.15, -0.1) is 11.3 Å². The van der Waals surface area contributed by atoms with Crippen LogP contribution in [0.1, 0.15) is 54.4 Å². The van der Waals surface area contributed by atoms with Crippen molar-refractivity contribution < 1.29 is 23.1 Å². The normalized spacial score (nSPS) is 13.0. The van der Waals surface area contributed by atoms with Gasteiger partial charge in [-0.1, -0.05) is 53.5 Å². The fraction of sp³-hybridized carbons (Fsp3) is 0.294. The number of ketones is 1. The molecular weight excluding hydrogens is 597 g/mol. The number of carbonyl (C=O) groups is 2. The molecule has 0 spiro atoms. The third-order valence-corrected chi connectivity index (χ3v) is 8.41. The van der Waals surface area contributed by atoms with Gasteiger partial charge in [0.15, 0.2) is 5.78 Å². The summed E-state index contributed by atoms with van der Waals surface area (Å²) in [4.78, 5) is 27.9. The molecule has 3 aromatic carbocycles. The first-order chi connectivity index (χ1) is 19.9. The van der Waals surface area contributed by atoms with E-state index in [1.165, 1.54) is 29.5 Å². The second-order valence-corrected chi connectivity index (χ2v) is 13.1. The van der Waals surface area contributed by atoms with Crippen molar-refractivity contribution in [3.63, 3.8) is 0 Å². The number of rotatable bonds is 11. The van der Waals surface area contributed by atoms with Crippen molar-refractivity contribution in [1.29, 1.82) is 0 Å². The minimum absolute atomic E-state index is 0.134. The predicted molar refractivity (Wildman–Crippen MR) is 166 cm³/mol. The van der Waals surface area contributed by atoms with E-state index in [9.17, 15) is 18.4 Å². The molecule has 0 radical (unpaired) electrons. The molecule has 2 atom stereocenters. The molecule has 0 aliphatic heterocycles. The van der Waals surface area contributed by atoms with E-state index in [0.29, 0.717) is 41.0 Å². The molecule has 0 aliphatic carbocycles. The highest BCUT2D eigenvalue weighted by Gasteiger charge is 2.34. The molecule has 1 aromatic heterocycles. The molecule has 4 rings (SSSR count). The zero-order chi connectivity index (χ0) is 30.4. The maximum Gasteiger partial charge on any atom is 0.310 e. The molecule has 1 unspecified atom stereocenters. The molecule has 8 heteroatoms. The molecular formula is C34H32Cl2F2O3S. The summed E-state index contributed by atoms with van der Waals surface area (Å²) in [6.07, 6.45) is 1.31. The van der Waals surface area contributed by atoms with Crippen molar-refractivity contribution in [2.45, 2.75) is 52.1 Å². The Morgan fingerprint density at radius 3 is 2.24 bits per heavy atom. The highest BCUT2D eigenvalue weighted by Crippen LogP contribution is 2.36. The van der Waals surface area contributed by atoms with Crippen molar-refractivity contribution in [3.8, 4) is 11.1 Å². The van der Waals surface area contributed by atoms with Crippen LogP contribution in [0, 0.1) is 23.5 Å². The lowest BCUT2D eigenvalue weighted by atomic mass is 9.80. The van der Waals surface area contributed by atoms with Crippen molar-refractivity contribution in [2.75, 3.05) is 0 Å². The molecule has 220 valence electrons. The molecule has 0 saturated heterocycles. The predicted octanol–water partition coefficient (Wildman–Crippen LogP) is 10.0. The van der Waals surface area contributed by atoms with Crippen molar-refractivity contribution in [2.24, 2.45) is 11.8 Å². The van der Waals surface area contributed by atoms with Gasteiger partial charge in [0.1, 0.15) is 17.2 Å². The van der Waals surface area contributed by atoms with E-state index in [4.69, 9.17) is 27.9 Å². The van der Waals surface area contributed by atoms with E-state index in [-0.39, 0.29) is 29.1 Å². The van der Waals surface area contributed by atoms with Crippen LogP contribution in [0.2, 0.25) is 10.0 Å². The van der Waals surface area contributed by atoms with E-state index in [2.05, 4.69) is 0 Å². The Labute approximate surface area is 259 Å². The Kier molecular flexibility index (Phi) is 10.6. The van der Waals surface area contributed by atoms with Crippen LogP contribution in [0.4, 0.5) is 8.78 Å². The van der Waals surface area contributed by atoms with E-state index in [1.54, 1.807) is 12.1 Å². The zero-order valence-corrected chi connectivity index (χ0v) is 26.0. The van der Waals surface area contributed by atoms with Gasteiger partial charge >= 0.3 is 5.97 Å². The van der Waals surface area contributed by atoms with Gasteiger partial charge in [-0.05, 0) is 104 Å². The monoisotopic (exact) mass is 628 g/mol. The van der Waals surface area contributed by atoms with Gasteiger partial charge in [0.25, 0.3) is 0 Å². The Morgan fingerprint density at radius 1 is 0.905 bits per heavy atom. The summed E-state index contributed by atoms with van der Waals surface area (Å²) in [5, 5.41) is 2.56. The maximum atomic E-state index is 14.1. The van der Waals surface area contributed by atoms with E-state index < -0.39 is 23.2 Å². The highest BCUT2D eigenvalue weighted by atomic mass is 35.5. The van der Waals surface area contributed by atoms with Gasteiger partial charge in [0.05, 0.1) is 10.9 Å². The number of hydrogen-bond acceptors (Lipinski definition) is 4. The van der Waals surface area contributed by atoms with E-state index in [0.717, 1.165) is 16.5 Å². The minimum atomic E-state index is -0.712. The summed E-state index contributed by atoms with van der Waals surface area (Å²) in [6, 6.07) is 19.7. The molecule has 0 saturated carbocycles. The molecule has 0 amide bonds. The standard InChI is InChI=1S/C34H32Cl2F2O3S/c1-34(2,3)41-33(40)29(15-21-7-5-4-6-8-21)22(9-12-31(39)28-11-10-24(35)19-30(28)36)18-32-27(13-14-42-32)23-16-25(37)20-26(38)17-23/h4-8,10-11,13-14,16-17,19-20,22,29H,9,12,15,18H2,1-3H3/t22?,29-/m1/s1. The van der Waals surface area contributed by atoms with E-state index in [1.807, 2.05) is 62.5 Å². The summed E-state index contributed by atoms with van der Waals surface area (Å²) in [6.45, 7) is 5.46. The average molecular weight is 630 g/mol. The number of benzene rings is 3. The molecule has 42 heavy (non-hydrogen) atoms. The molecule has 4 aromatic rings. The van der Waals surface area contributed by atoms with Gasteiger partial charge in [-0.25, -0.2) is 8.78 Å². The van der Waals surface area contributed by atoms with Crippen LogP contribution in [-0.4, -0.2) is 17.4 Å². The van der Waals surface area contributed by atoms with Crippen molar-refractivity contribution in [3.05, 3.63) is 116 Å². The topological polar surface area (TPSA) is 43.4 Å². The molecule has 3 nitrogen and oxygen atoms in total. The van der Waals surface area contributed by atoms with Gasteiger partial charge in [0.2, 0.25) is 0 Å². The zero-order valence-electron chi connectivity index (χ0n) is 23.6. The fourth-order valence-corrected chi connectivity index (χ4v) is 6.51. The smallest absolute Gasteiger partial charge is 0.310 e. The van der Waals surface area contributed by atoms with Crippen LogP contribution in [-0.2, 0) is 22.4 Å². The lowest BCUT2D eigenvalue weighted by Crippen LogP contribution is -2.35. The Balaban J connectivity index is 1.71. The van der Waals surface area contributed by atoms with Gasteiger partial charge in [-0.3, -0.25) is 9.59 Å². The third-order valence-electron chi connectivity index (χ3n) is 6.92. The number of ether oxygens (including phenoxy) is 1. The second kappa shape index (κ2) is 13.9. The lowest BCUT2D eigenvalue weighted by Gasteiger charge is -2.30. The lowest BCUT2D eigenvalue weighted by molar-refractivity contribution is -0.162. The number of halogens is 4. The number of thiophene rings is 1. The van der Waals surface area contributed by atoms with Gasteiger partial charge in [0, 0.05) is 28.0 Å². The largest absolute Gasteiger partial charge is 0.460 e. The first kappa shape index (κ1) is 31.9. The molecule has 1 heterocycles. The summed E-state index contributed by atoms with van der Waals surface area (Å²) in [7, 11) is 0. The van der Waals surface area contributed by atoms with Crippen LogP contribution < -0.4 is 0 Å². The Morgan fingerprint density at radius 2 is 1.60 bits per heavy atom. The molecule has 0 N–H and O–H groups in total. The number of hydrogen-bond donors (Lipinski definition) is 0. The number of carbonyl (C=O) groups excluding carboxylic acids is 2. The first-order valence-electron chi connectivity index (χ1n) is 13.7. The van der Waals surface area contributed by atoms with Crippen LogP contribution in [0.3, 0.4) is 0 Å². The SMILES string of the molecule is CC(C)(C)OC(=O)[C@H](Cc1ccccc1)C(CCC(=O)c1ccc(Cl)cc1Cl)Cc1sccc1-c1cc(F)cc(F)c1. The quantitative estimate of drug-likeness (QED) is 0.123. The average Bonchev–Trinajstić information content (AvgIpc) is 3.37. The molecule has 0 fully saturated rings. The third kappa shape index (κ3) is 8.73. The molecule has 0 bridgehead atoms. The maximum absolute atomic E-state index is 14.1. The highest BCUT2D eigenvalue weighted by molar-refractivity contribution is 7.10. The van der Waals surface area contributed by atoms with Crippen LogP contribution >= 0.6 is 34.5 Å². The Hall–Kier alpha value is -3.06. The number of esters is 1. The van der Waals surface area contributed by atoms with Crippen molar-refractivity contribution >= 4 is 46.3 Å². The van der Waals surface area contributed by atoms with E-state index >= 15 is 0 Å². The van der Waals surface area contributed by atoms with Crippen molar-refractivity contribution in [1.82, 2.24) is 0 Å². The first-order valence-corrected chi connectivity index (χ1v) is 15.3. The summed E-state index contributed by atoms with van der Waals surface area (Å²) >= 11 is 13.8. The van der Waals surface area contributed by atoms with Crippen LogP contribution in [0.15, 0.2) is 78.2 Å². The minimum Gasteiger partial charge on any atom is -0.460 e. The second-order valence-electron chi connectivity index (χ2n) is 11.3. The summed E-state index contributed by atoms with van der Waals surface area (Å²) < 4.78 is 34.1. The van der Waals surface area contributed by atoms with Gasteiger partial charge in [-0.2, -0.15) is 0 Å². The summed E-state index contributed by atoms with van der Waals surface area (Å²) in [5.41, 5.74) is 1.73. The Bertz CT molecular complexity index is 1530. The molecule has 0 aliphatic rings. The fourth-order valence-electron chi connectivity index (χ4n) is 5.00. The number of Topliss-reactive ketones (excluding diaryl/α,β-unsaturated/α-hetero) is 1.